The predicted octanol–water partition coefficient (Wildman–Crippen LogP) is 1.92. The normalized spacial score (nSPS) is 21.2. The summed E-state index contributed by atoms with van der Waals surface area (Å²) >= 11 is 0. The molecule has 0 saturated carbocycles. The van der Waals surface area contributed by atoms with Gasteiger partial charge >= 0.3 is 0 Å². The van der Waals surface area contributed by atoms with Crippen LogP contribution in [0.15, 0.2) is 41.7 Å². The number of aliphatic imine (C=N–C) groups is 1. The molecule has 1 fully saturated rings. The van der Waals surface area contributed by atoms with Crippen molar-refractivity contribution in [3.8, 4) is 0 Å². The molecule has 27 heavy (non-hydrogen) atoms. The highest BCUT2D eigenvalue weighted by Gasteiger charge is 2.25. The molecule has 1 aliphatic heterocycles. The molecule has 2 atom stereocenters. The molecular formula is C20H31N7. The lowest BCUT2D eigenvalue weighted by molar-refractivity contribution is 0.134. The molecule has 2 heterocycles. The van der Waals surface area contributed by atoms with Gasteiger partial charge in [-0.2, -0.15) is 5.10 Å². The summed E-state index contributed by atoms with van der Waals surface area (Å²) in [5, 5.41) is 11.1. The van der Waals surface area contributed by atoms with Gasteiger partial charge in [0.25, 0.3) is 0 Å². The first-order valence-corrected chi connectivity index (χ1v) is 9.81. The third-order valence-electron chi connectivity index (χ3n) is 5.11. The van der Waals surface area contributed by atoms with Crippen molar-refractivity contribution in [3.05, 3.63) is 48.0 Å². The van der Waals surface area contributed by atoms with Crippen molar-refractivity contribution in [2.45, 2.75) is 51.9 Å². The SMILES string of the molecule is CCNC(=NCc1ncnn1C)NC1CCN(Cc2ccccc2)C(C)C1. The van der Waals surface area contributed by atoms with E-state index < -0.39 is 0 Å². The lowest BCUT2D eigenvalue weighted by Crippen LogP contribution is -2.51. The van der Waals surface area contributed by atoms with Crippen molar-refractivity contribution in [1.29, 1.82) is 0 Å². The van der Waals surface area contributed by atoms with Gasteiger partial charge in [0.2, 0.25) is 0 Å². The number of aromatic nitrogens is 3. The zero-order chi connectivity index (χ0) is 19.1. The molecule has 1 aromatic heterocycles. The van der Waals surface area contributed by atoms with E-state index >= 15 is 0 Å². The van der Waals surface area contributed by atoms with Crippen LogP contribution in [0.25, 0.3) is 0 Å². The minimum atomic E-state index is 0.435. The van der Waals surface area contributed by atoms with Gasteiger partial charge in [0.15, 0.2) is 5.96 Å². The number of hydrogen-bond donors (Lipinski definition) is 2. The number of nitrogens with zero attached hydrogens (tertiary/aromatic N) is 5. The Morgan fingerprint density at radius 3 is 2.78 bits per heavy atom. The number of hydrogen-bond acceptors (Lipinski definition) is 4. The lowest BCUT2D eigenvalue weighted by atomic mass is 9.97. The molecule has 0 spiro atoms. The van der Waals surface area contributed by atoms with E-state index in [2.05, 4.69) is 74.8 Å². The van der Waals surface area contributed by atoms with Crippen molar-refractivity contribution in [3.63, 3.8) is 0 Å². The van der Waals surface area contributed by atoms with Crippen LogP contribution < -0.4 is 10.6 Å². The minimum absolute atomic E-state index is 0.435. The van der Waals surface area contributed by atoms with E-state index in [0.29, 0.717) is 18.6 Å². The fourth-order valence-electron chi connectivity index (χ4n) is 3.53. The van der Waals surface area contributed by atoms with E-state index in [9.17, 15) is 0 Å². The maximum atomic E-state index is 4.68. The van der Waals surface area contributed by atoms with Gasteiger partial charge in [-0.3, -0.25) is 9.58 Å². The molecule has 7 nitrogen and oxygen atoms in total. The Morgan fingerprint density at radius 2 is 2.11 bits per heavy atom. The molecule has 2 aromatic rings. The molecule has 2 unspecified atom stereocenters. The van der Waals surface area contributed by atoms with Crippen LogP contribution in [0.5, 0.6) is 0 Å². The van der Waals surface area contributed by atoms with Crippen LogP contribution in [-0.4, -0.2) is 50.8 Å². The topological polar surface area (TPSA) is 70.4 Å². The van der Waals surface area contributed by atoms with Gasteiger partial charge in [-0.05, 0) is 32.3 Å². The summed E-state index contributed by atoms with van der Waals surface area (Å²) in [6.45, 7) is 7.89. The molecule has 0 aliphatic carbocycles. The molecule has 1 aromatic carbocycles. The van der Waals surface area contributed by atoms with Crippen LogP contribution in [-0.2, 0) is 20.1 Å². The van der Waals surface area contributed by atoms with Crippen LogP contribution in [0.4, 0.5) is 0 Å². The van der Waals surface area contributed by atoms with Gasteiger partial charge < -0.3 is 10.6 Å². The summed E-state index contributed by atoms with van der Waals surface area (Å²) in [5.74, 6) is 1.72. The molecule has 2 N–H and O–H groups in total. The highest BCUT2D eigenvalue weighted by Crippen LogP contribution is 2.19. The Hall–Kier alpha value is -2.41. The monoisotopic (exact) mass is 369 g/mol. The van der Waals surface area contributed by atoms with Crippen LogP contribution >= 0.6 is 0 Å². The molecule has 1 aliphatic rings. The maximum Gasteiger partial charge on any atom is 0.191 e. The molecule has 0 bridgehead atoms. The summed E-state index contributed by atoms with van der Waals surface area (Å²) in [6.07, 6.45) is 3.79. The minimum Gasteiger partial charge on any atom is -0.357 e. The van der Waals surface area contributed by atoms with Crippen LogP contribution in [0.1, 0.15) is 38.1 Å². The average molecular weight is 370 g/mol. The predicted molar refractivity (Wildman–Crippen MR) is 108 cm³/mol. The van der Waals surface area contributed by atoms with Crippen molar-refractivity contribution in [2.24, 2.45) is 12.0 Å². The summed E-state index contributed by atoms with van der Waals surface area (Å²) in [4.78, 5) is 11.5. The molecule has 1 saturated heterocycles. The molecule has 0 amide bonds. The zero-order valence-electron chi connectivity index (χ0n) is 16.6. The third kappa shape index (κ3) is 5.53. The highest BCUT2D eigenvalue weighted by atomic mass is 15.3. The largest absolute Gasteiger partial charge is 0.357 e. The Kier molecular flexibility index (Phi) is 6.81. The first kappa shape index (κ1) is 19.4. The van der Waals surface area contributed by atoms with Crippen molar-refractivity contribution in [2.75, 3.05) is 13.1 Å². The molecule has 7 heteroatoms. The number of piperidine rings is 1. The maximum absolute atomic E-state index is 4.68. The number of likely N-dealkylation sites (tertiary alicyclic amines) is 1. The number of aryl methyl sites for hydroxylation is 1. The van der Waals surface area contributed by atoms with E-state index in [4.69, 9.17) is 0 Å². The lowest BCUT2D eigenvalue weighted by Gasteiger charge is -2.38. The zero-order valence-corrected chi connectivity index (χ0v) is 16.6. The average Bonchev–Trinajstić information content (AvgIpc) is 3.08. The van der Waals surface area contributed by atoms with E-state index in [0.717, 1.165) is 44.3 Å². The van der Waals surface area contributed by atoms with E-state index in [1.165, 1.54) is 5.56 Å². The summed E-state index contributed by atoms with van der Waals surface area (Å²) in [7, 11) is 1.89. The first-order chi connectivity index (χ1) is 13.2. The standard InChI is InChI=1S/C20H31N7/c1-4-21-20(22-13-19-23-15-24-26(19)3)25-18-10-11-27(16(2)12-18)14-17-8-6-5-7-9-17/h5-9,15-16,18H,4,10-14H2,1-3H3,(H2,21,22,25). The number of guanidine groups is 1. The summed E-state index contributed by atoms with van der Waals surface area (Å²) < 4.78 is 1.76. The number of benzene rings is 1. The van der Waals surface area contributed by atoms with E-state index in [1.807, 2.05) is 7.05 Å². The van der Waals surface area contributed by atoms with Crippen molar-refractivity contribution >= 4 is 5.96 Å². The third-order valence-corrected chi connectivity index (χ3v) is 5.11. The Labute approximate surface area is 161 Å². The van der Waals surface area contributed by atoms with Gasteiger partial charge in [0.05, 0.1) is 0 Å². The van der Waals surface area contributed by atoms with Gasteiger partial charge in [-0.15, -0.1) is 0 Å². The number of rotatable bonds is 6. The fraction of sp³-hybridized carbons (Fsp3) is 0.550. The van der Waals surface area contributed by atoms with E-state index in [1.54, 1.807) is 11.0 Å². The second-order valence-electron chi connectivity index (χ2n) is 7.17. The van der Waals surface area contributed by atoms with E-state index in [-0.39, 0.29) is 0 Å². The second kappa shape index (κ2) is 9.50. The van der Waals surface area contributed by atoms with Gasteiger partial charge in [0.1, 0.15) is 18.7 Å². The first-order valence-electron chi connectivity index (χ1n) is 9.81. The van der Waals surface area contributed by atoms with Crippen LogP contribution in [0.2, 0.25) is 0 Å². The van der Waals surface area contributed by atoms with Gasteiger partial charge in [-0.25, -0.2) is 9.98 Å². The van der Waals surface area contributed by atoms with Crippen molar-refractivity contribution in [1.82, 2.24) is 30.3 Å². The molecule has 146 valence electrons. The van der Waals surface area contributed by atoms with Crippen LogP contribution in [0.3, 0.4) is 0 Å². The quantitative estimate of drug-likeness (QED) is 0.601. The second-order valence-corrected chi connectivity index (χ2v) is 7.17. The van der Waals surface area contributed by atoms with Crippen molar-refractivity contribution < 1.29 is 0 Å². The Balaban J connectivity index is 1.54. The Morgan fingerprint density at radius 1 is 1.30 bits per heavy atom. The van der Waals surface area contributed by atoms with Gasteiger partial charge in [0, 0.05) is 38.8 Å². The fourth-order valence-corrected chi connectivity index (χ4v) is 3.53. The Bertz CT molecular complexity index is 725. The number of nitrogens with one attached hydrogen (secondary N) is 2. The van der Waals surface area contributed by atoms with Crippen LogP contribution in [0, 0.1) is 0 Å². The van der Waals surface area contributed by atoms with Gasteiger partial charge in [-0.1, -0.05) is 30.3 Å². The molecular weight excluding hydrogens is 338 g/mol. The highest BCUT2D eigenvalue weighted by molar-refractivity contribution is 5.80. The molecule has 3 rings (SSSR count). The summed E-state index contributed by atoms with van der Waals surface area (Å²) in [5.41, 5.74) is 1.38. The smallest absolute Gasteiger partial charge is 0.191 e. The summed E-state index contributed by atoms with van der Waals surface area (Å²) in [6, 6.07) is 11.7. The molecule has 0 radical (unpaired) electrons.